The molecule has 0 saturated carbocycles. The summed E-state index contributed by atoms with van der Waals surface area (Å²) in [5.41, 5.74) is 9.24. The number of likely N-dealkylation sites (tertiary alicyclic amines) is 1. The quantitative estimate of drug-likeness (QED) is 0.511. The highest BCUT2D eigenvalue weighted by molar-refractivity contribution is 5.75. The summed E-state index contributed by atoms with van der Waals surface area (Å²) in [6.07, 6.45) is 2.80. The molecule has 7 heteroatoms. The van der Waals surface area contributed by atoms with Crippen molar-refractivity contribution in [3.05, 3.63) is 65.2 Å². The van der Waals surface area contributed by atoms with Crippen molar-refractivity contribution in [2.24, 2.45) is 11.7 Å². The van der Waals surface area contributed by atoms with Crippen molar-refractivity contribution in [3.8, 4) is 5.75 Å². The van der Waals surface area contributed by atoms with Crippen LogP contribution in [0.2, 0.25) is 0 Å². The first-order valence-corrected chi connectivity index (χ1v) is 11.0. The van der Waals surface area contributed by atoms with E-state index in [-0.39, 0.29) is 12.0 Å². The fourth-order valence-electron chi connectivity index (χ4n) is 4.23. The second-order valence-corrected chi connectivity index (χ2v) is 8.37. The molecule has 2 aliphatic heterocycles. The third-order valence-corrected chi connectivity index (χ3v) is 6.20. The van der Waals surface area contributed by atoms with Crippen molar-refractivity contribution in [2.75, 3.05) is 26.2 Å². The number of guanidine groups is 1. The van der Waals surface area contributed by atoms with Crippen molar-refractivity contribution in [3.63, 3.8) is 0 Å². The van der Waals surface area contributed by atoms with E-state index in [0.29, 0.717) is 25.6 Å². The predicted molar refractivity (Wildman–Crippen MR) is 121 cm³/mol. The van der Waals surface area contributed by atoms with E-state index in [4.69, 9.17) is 15.9 Å². The van der Waals surface area contributed by atoms with Crippen LogP contribution < -0.4 is 15.8 Å². The monoisotopic (exact) mass is 421 g/mol. The number of urea groups is 1. The van der Waals surface area contributed by atoms with Gasteiger partial charge in [0.2, 0.25) is 0 Å². The largest absolute Gasteiger partial charge is 0.493 e. The third-order valence-electron chi connectivity index (χ3n) is 6.20. The van der Waals surface area contributed by atoms with Crippen LogP contribution in [0.1, 0.15) is 29.5 Å². The number of hydrogen-bond donors (Lipinski definition) is 3. The molecule has 0 spiro atoms. The van der Waals surface area contributed by atoms with Gasteiger partial charge in [0.15, 0.2) is 5.96 Å². The molecule has 0 unspecified atom stereocenters. The molecular formula is C24H31N5O2. The number of piperidine rings is 1. The Morgan fingerprint density at radius 2 is 1.84 bits per heavy atom. The second kappa shape index (κ2) is 9.73. The number of fused-ring (bicyclic) bond motifs is 1. The average Bonchev–Trinajstić information content (AvgIpc) is 2.81. The van der Waals surface area contributed by atoms with Crippen molar-refractivity contribution < 1.29 is 9.53 Å². The molecule has 2 heterocycles. The molecule has 7 nitrogen and oxygen atoms in total. The fraction of sp³-hybridized carbons (Fsp3) is 0.417. The topological polar surface area (TPSA) is 94.7 Å². The minimum atomic E-state index is 0.00735. The maximum Gasteiger partial charge on any atom is 0.317 e. The second-order valence-electron chi connectivity index (χ2n) is 8.37. The number of amides is 2. The van der Waals surface area contributed by atoms with Gasteiger partial charge in [0.25, 0.3) is 0 Å². The van der Waals surface area contributed by atoms with Gasteiger partial charge >= 0.3 is 6.03 Å². The first-order chi connectivity index (χ1) is 15.1. The smallest absolute Gasteiger partial charge is 0.317 e. The summed E-state index contributed by atoms with van der Waals surface area (Å²) in [4.78, 5) is 16.2. The molecule has 0 bridgehead atoms. The first kappa shape index (κ1) is 21.0. The standard InChI is InChI=1S/C24H31N5O2/c25-23(26)29-13-10-20-6-7-22(14-21(20)16-29)31-17-19-8-11-28(12-9-19)24(30)27-15-18-4-2-1-3-5-18/h1-7,14,19H,8-13,15-17H2,(H3,25,26)(H,27,30). The van der Waals surface area contributed by atoms with Crippen LogP contribution in [0.5, 0.6) is 5.75 Å². The normalized spacial score (nSPS) is 16.5. The van der Waals surface area contributed by atoms with Crippen LogP contribution in [0.3, 0.4) is 0 Å². The van der Waals surface area contributed by atoms with E-state index < -0.39 is 0 Å². The molecule has 2 aromatic rings. The van der Waals surface area contributed by atoms with E-state index >= 15 is 0 Å². The van der Waals surface area contributed by atoms with Crippen LogP contribution >= 0.6 is 0 Å². The molecule has 1 saturated heterocycles. The lowest BCUT2D eigenvalue weighted by Crippen LogP contribution is -2.44. The van der Waals surface area contributed by atoms with Crippen LogP contribution in [0.4, 0.5) is 4.79 Å². The van der Waals surface area contributed by atoms with Crippen molar-refractivity contribution >= 4 is 12.0 Å². The lowest BCUT2D eigenvalue weighted by Gasteiger charge is -2.32. The zero-order valence-corrected chi connectivity index (χ0v) is 17.8. The summed E-state index contributed by atoms with van der Waals surface area (Å²) >= 11 is 0. The summed E-state index contributed by atoms with van der Waals surface area (Å²) in [6, 6.07) is 16.2. The third kappa shape index (κ3) is 5.48. The molecule has 0 radical (unpaired) electrons. The van der Waals surface area contributed by atoms with Crippen molar-refractivity contribution in [1.82, 2.24) is 15.1 Å². The van der Waals surface area contributed by atoms with Gasteiger partial charge in [0.05, 0.1) is 6.61 Å². The van der Waals surface area contributed by atoms with Crippen molar-refractivity contribution in [2.45, 2.75) is 32.4 Å². The van der Waals surface area contributed by atoms with Crippen LogP contribution in [0.25, 0.3) is 0 Å². The van der Waals surface area contributed by atoms with E-state index in [0.717, 1.165) is 50.2 Å². The number of rotatable bonds is 5. The lowest BCUT2D eigenvalue weighted by molar-refractivity contribution is 0.145. The number of nitrogens with zero attached hydrogens (tertiary/aromatic N) is 2. The molecule has 1 fully saturated rings. The van der Waals surface area contributed by atoms with Gasteiger partial charge in [-0.1, -0.05) is 36.4 Å². The summed E-state index contributed by atoms with van der Waals surface area (Å²) in [6.45, 7) is 4.19. The minimum Gasteiger partial charge on any atom is -0.493 e. The minimum absolute atomic E-state index is 0.00735. The average molecular weight is 422 g/mol. The van der Waals surface area contributed by atoms with E-state index in [1.807, 2.05) is 46.2 Å². The lowest BCUT2D eigenvalue weighted by atomic mass is 9.97. The maximum absolute atomic E-state index is 12.4. The van der Waals surface area contributed by atoms with Gasteiger partial charge in [0.1, 0.15) is 5.75 Å². The number of carbonyl (C=O) groups is 1. The molecule has 4 N–H and O–H groups in total. The van der Waals surface area contributed by atoms with E-state index in [1.165, 1.54) is 11.1 Å². The van der Waals surface area contributed by atoms with Crippen LogP contribution in [-0.2, 0) is 19.5 Å². The number of carbonyl (C=O) groups excluding carboxylic acids is 1. The zero-order chi connectivity index (χ0) is 21.6. The molecule has 164 valence electrons. The molecule has 4 rings (SSSR count). The Balaban J connectivity index is 1.21. The van der Waals surface area contributed by atoms with Gasteiger partial charge in [-0.25, -0.2) is 4.79 Å². The summed E-state index contributed by atoms with van der Waals surface area (Å²) in [7, 11) is 0. The number of ether oxygens (including phenoxy) is 1. The van der Waals surface area contributed by atoms with E-state index in [9.17, 15) is 4.79 Å². The van der Waals surface area contributed by atoms with Gasteiger partial charge < -0.3 is 25.6 Å². The molecular weight excluding hydrogens is 390 g/mol. The zero-order valence-electron chi connectivity index (χ0n) is 17.8. The van der Waals surface area contributed by atoms with E-state index in [1.54, 1.807) is 0 Å². The van der Waals surface area contributed by atoms with Gasteiger partial charge in [-0.05, 0) is 54.0 Å². The molecule has 2 amide bonds. The Morgan fingerprint density at radius 3 is 2.58 bits per heavy atom. The highest BCUT2D eigenvalue weighted by Crippen LogP contribution is 2.25. The Morgan fingerprint density at radius 1 is 1.06 bits per heavy atom. The summed E-state index contributed by atoms with van der Waals surface area (Å²) in [5.74, 6) is 1.44. The number of nitrogens with two attached hydrogens (primary N) is 1. The molecule has 2 aromatic carbocycles. The fourth-order valence-corrected chi connectivity index (χ4v) is 4.23. The van der Waals surface area contributed by atoms with Crippen LogP contribution in [0, 0.1) is 11.3 Å². The van der Waals surface area contributed by atoms with Gasteiger partial charge in [-0.3, -0.25) is 5.41 Å². The Bertz CT molecular complexity index is 909. The van der Waals surface area contributed by atoms with Crippen LogP contribution in [-0.4, -0.2) is 48.0 Å². The molecule has 0 aromatic heterocycles. The highest BCUT2D eigenvalue weighted by Gasteiger charge is 2.23. The summed E-state index contributed by atoms with van der Waals surface area (Å²) < 4.78 is 6.09. The SMILES string of the molecule is N=C(N)N1CCc2ccc(OCC3CCN(C(=O)NCc4ccccc4)CC3)cc2C1. The Labute approximate surface area is 183 Å². The maximum atomic E-state index is 12.4. The number of nitrogens with one attached hydrogen (secondary N) is 2. The first-order valence-electron chi connectivity index (χ1n) is 11.0. The highest BCUT2D eigenvalue weighted by atomic mass is 16.5. The van der Waals surface area contributed by atoms with Gasteiger partial charge in [0, 0.05) is 32.7 Å². The van der Waals surface area contributed by atoms with Crippen molar-refractivity contribution in [1.29, 1.82) is 5.41 Å². The molecule has 0 aliphatic carbocycles. The molecule has 0 atom stereocenters. The molecule has 2 aliphatic rings. The van der Waals surface area contributed by atoms with Gasteiger partial charge in [-0.15, -0.1) is 0 Å². The van der Waals surface area contributed by atoms with E-state index in [2.05, 4.69) is 17.4 Å². The summed E-state index contributed by atoms with van der Waals surface area (Å²) in [5, 5.41) is 10.7. The Hall–Kier alpha value is -3.22. The molecule has 31 heavy (non-hydrogen) atoms. The predicted octanol–water partition coefficient (Wildman–Crippen LogP) is 2.94. The van der Waals surface area contributed by atoms with Crippen LogP contribution in [0.15, 0.2) is 48.5 Å². The van der Waals surface area contributed by atoms with Gasteiger partial charge in [-0.2, -0.15) is 0 Å². The number of hydrogen-bond acceptors (Lipinski definition) is 3. The number of benzene rings is 2. The Kier molecular flexibility index (Phi) is 6.60.